The van der Waals surface area contributed by atoms with Gasteiger partial charge in [-0.2, -0.15) is 0 Å². The molecule has 154 valence electrons. The highest BCUT2D eigenvalue weighted by Gasteiger charge is 2.12. The highest BCUT2D eigenvalue weighted by molar-refractivity contribution is 5.77. The lowest BCUT2D eigenvalue weighted by atomic mass is 10.2. The van der Waals surface area contributed by atoms with E-state index in [1.807, 2.05) is 48.5 Å². The Labute approximate surface area is 168 Å². The molecule has 0 spiro atoms. The number of likely N-dealkylation sites (N-methyl/N-ethyl adjacent to an activating group) is 1. The Balaban J connectivity index is 1.55. The summed E-state index contributed by atoms with van der Waals surface area (Å²) >= 11 is 0. The number of hydrogen-bond acceptors (Lipinski definition) is 7. The summed E-state index contributed by atoms with van der Waals surface area (Å²) < 4.78 is 14.6. The molecule has 2 amide bonds. The van der Waals surface area contributed by atoms with Crippen molar-refractivity contribution in [2.24, 2.45) is 0 Å². The third kappa shape index (κ3) is 8.74. The molecule has 1 N–H and O–H groups in total. The number of nitrogens with one attached hydrogen (secondary N) is 1. The molecule has 0 bridgehead atoms. The molecule has 29 heavy (non-hydrogen) atoms. The van der Waals surface area contributed by atoms with Crippen LogP contribution in [0.25, 0.3) is 0 Å². The lowest BCUT2D eigenvalue weighted by molar-refractivity contribution is -0.143. The average molecular weight is 401 g/mol. The van der Waals surface area contributed by atoms with Crippen molar-refractivity contribution in [1.82, 2.24) is 15.2 Å². The summed E-state index contributed by atoms with van der Waals surface area (Å²) in [5.41, 5.74) is 1.68. The highest BCUT2D eigenvalue weighted by atomic mass is 16.7. The quantitative estimate of drug-likeness (QED) is 0.507. The van der Waals surface area contributed by atoms with E-state index in [-0.39, 0.29) is 13.2 Å². The molecule has 0 aliphatic rings. The molecule has 1 aromatic carbocycles. The van der Waals surface area contributed by atoms with Crippen LogP contribution in [0.1, 0.15) is 11.3 Å². The zero-order valence-electron chi connectivity index (χ0n) is 16.1. The van der Waals surface area contributed by atoms with Crippen LogP contribution in [0.4, 0.5) is 9.59 Å². The molecule has 0 atom stereocenters. The molecule has 9 nitrogen and oxygen atoms in total. The van der Waals surface area contributed by atoms with Crippen molar-refractivity contribution in [3.05, 3.63) is 66.0 Å². The SMILES string of the molecule is CN(CCc1ccccn1)C(=O)OCOC(=O)NCC(=O)OCc1ccccc1. The van der Waals surface area contributed by atoms with Crippen LogP contribution in [0, 0.1) is 0 Å². The minimum atomic E-state index is -0.898. The van der Waals surface area contributed by atoms with E-state index in [0.29, 0.717) is 13.0 Å². The van der Waals surface area contributed by atoms with E-state index in [9.17, 15) is 14.4 Å². The van der Waals surface area contributed by atoms with Crippen molar-refractivity contribution in [2.75, 3.05) is 26.9 Å². The Bertz CT molecular complexity index is 785. The van der Waals surface area contributed by atoms with Gasteiger partial charge in [0.25, 0.3) is 0 Å². The average Bonchev–Trinajstić information content (AvgIpc) is 2.76. The van der Waals surface area contributed by atoms with Crippen molar-refractivity contribution in [3.63, 3.8) is 0 Å². The first-order valence-corrected chi connectivity index (χ1v) is 8.92. The zero-order valence-corrected chi connectivity index (χ0v) is 16.1. The lowest BCUT2D eigenvalue weighted by Crippen LogP contribution is -2.33. The summed E-state index contributed by atoms with van der Waals surface area (Å²) in [5, 5.41) is 2.22. The molecule has 9 heteroatoms. The van der Waals surface area contributed by atoms with Gasteiger partial charge in [0.05, 0.1) is 0 Å². The molecular weight excluding hydrogens is 378 g/mol. The van der Waals surface area contributed by atoms with E-state index in [1.54, 1.807) is 13.2 Å². The van der Waals surface area contributed by atoms with Gasteiger partial charge in [-0.3, -0.25) is 9.78 Å². The maximum Gasteiger partial charge on any atom is 0.412 e. The van der Waals surface area contributed by atoms with Gasteiger partial charge >= 0.3 is 18.2 Å². The zero-order chi connectivity index (χ0) is 20.9. The molecule has 0 unspecified atom stereocenters. The first kappa shape index (κ1) is 21.7. The van der Waals surface area contributed by atoms with Crippen molar-refractivity contribution >= 4 is 18.2 Å². The first-order chi connectivity index (χ1) is 14.0. The second-order valence-electron chi connectivity index (χ2n) is 5.95. The summed E-state index contributed by atoms with van der Waals surface area (Å²) in [6.45, 7) is -0.421. The third-order valence-electron chi connectivity index (χ3n) is 3.73. The number of nitrogens with zero attached hydrogens (tertiary/aromatic N) is 2. The topological polar surface area (TPSA) is 107 Å². The molecular formula is C20H23N3O6. The molecule has 2 aromatic rings. The normalized spacial score (nSPS) is 9.97. The number of aromatic nitrogens is 1. The predicted octanol–water partition coefficient (Wildman–Crippen LogP) is 2.12. The summed E-state index contributed by atoms with van der Waals surface area (Å²) in [7, 11) is 1.56. The van der Waals surface area contributed by atoms with Gasteiger partial charge in [0, 0.05) is 31.9 Å². The van der Waals surface area contributed by atoms with E-state index >= 15 is 0 Å². The number of alkyl carbamates (subject to hydrolysis) is 1. The van der Waals surface area contributed by atoms with E-state index in [2.05, 4.69) is 10.3 Å². The molecule has 0 aliphatic carbocycles. The maximum absolute atomic E-state index is 11.8. The van der Waals surface area contributed by atoms with Crippen LogP contribution in [0.5, 0.6) is 0 Å². The molecule has 1 aromatic heterocycles. The van der Waals surface area contributed by atoms with Crippen molar-refractivity contribution in [2.45, 2.75) is 13.0 Å². The Morgan fingerprint density at radius 2 is 1.76 bits per heavy atom. The van der Waals surface area contributed by atoms with Crippen molar-refractivity contribution in [1.29, 1.82) is 0 Å². The van der Waals surface area contributed by atoms with Gasteiger partial charge in [-0.1, -0.05) is 36.4 Å². The fourth-order valence-electron chi connectivity index (χ4n) is 2.15. The maximum atomic E-state index is 11.8. The number of pyridine rings is 1. The minimum absolute atomic E-state index is 0.110. The van der Waals surface area contributed by atoms with Gasteiger partial charge in [-0.05, 0) is 17.7 Å². The minimum Gasteiger partial charge on any atom is -0.460 e. The fourth-order valence-corrected chi connectivity index (χ4v) is 2.15. The van der Waals surface area contributed by atoms with Crippen LogP contribution < -0.4 is 5.32 Å². The Morgan fingerprint density at radius 3 is 2.48 bits per heavy atom. The van der Waals surface area contributed by atoms with E-state index in [4.69, 9.17) is 14.2 Å². The van der Waals surface area contributed by atoms with Gasteiger partial charge in [-0.25, -0.2) is 9.59 Å². The Morgan fingerprint density at radius 1 is 1.00 bits per heavy atom. The predicted molar refractivity (Wildman–Crippen MR) is 103 cm³/mol. The van der Waals surface area contributed by atoms with Crippen LogP contribution in [-0.2, 0) is 32.0 Å². The molecule has 0 fully saturated rings. The number of benzene rings is 1. The first-order valence-electron chi connectivity index (χ1n) is 8.92. The third-order valence-corrected chi connectivity index (χ3v) is 3.73. The van der Waals surface area contributed by atoms with Gasteiger partial charge < -0.3 is 24.4 Å². The van der Waals surface area contributed by atoms with Crippen LogP contribution in [0.15, 0.2) is 54.7 Å². The van der Waals surface area contributed by atoms with Crippen LogP contribution in [0.2, 0.25) is 0 Å². The Hall–Kier alpha value is -3.62. The second kappa shape index (κ2) is 12.0. The number of hydrogen-bond donors (Lipinski definition) is 1. The van der Waals surface area contributed by atoms with E-state index in [1.165, 1.54) is 4.90 Å². The fraction of sp³-hybridized carbons (Fsp3) is 0.300. The summed E-state index contributed by atoms with van der Waals surface area (Å²) in [6.07, 6.45) is 0.706. The van der Waals surface area contributed by atoms with Gasteiger partial charge in [-0.15, -0.1) is 0 Å². The molecule has 1 heterocycles. The largest absolute Gasteiger partial charge is 0.460 e. The molecule has 0 saturated heterocycles. The van der Waals surface area contributed by atoms with Crippen LogP contribution in [-0.4, -0.2) is 55.0 Å². The molecule has 2 rings (SSSR count). The number of amides is 2. The number of carbonyl (C=O) groups excluding carboxylic acids is 3. The van der Waals surface area contributed by atoms with Crippen LogP contribution >= 0.6 is 0 Å². The van der Waals surface area contributed by atoms with E-state index < -0.39 is 24.9 Å². The number of rotatable bonds is 9. The molecule has 0 saturated carbocycles. The highest BCUT2D eigenvalue weighted by Crippen LogP contribution is 2.01. The standard InChI is InChI=1S/C20H23N3O6/c1-23(12-10-17-9-5-6-11-21-17)20(26)29-15-28-19(25)22-13-18(24)27-14-16-7-3-2-4-8-16/h2-9,11H,10,12-15H2,1H3,(H,22,25). The summed E-state index contributed by atoms with van der Waals surface area (Å²) in [4.78, 5) is 40.5. The molecule has 0 radical (unpaired) electrons. The second-order valence-corrected chi connectivity index (χ2v) is 5.95. The van der Waals surface area contributed by atoms with Gasteiger partial charge in [0.15, 0.2) is 0 Å². The summed E-state index contributed by atoms with van der Waals surface area (Å²) in [5.74, 6) is -0.614. The van der Waals surface area contributed by atoms with E-state index in [0.717, 1.165) is 11.3 Å². The van der Waals surface area contributed by atoms with Gasteiger partial charge in [0.2, 0.25) is 6.79 Å². The van der Waals surface area contributed by atoms with Crippen molar-refractivity contribution in [3.8, 4) is 0 Å². The number of ether oxygens (including phenoxy) is 3. The monoisotopic (exact) mass is 401 g/mol. The van der Waals surface area contributed by atoms with Crippen LogP contribution in [0.3, 0.4) is 0 Å². The summed E-state index contributed by atoms with van der Waals surface area (Å²) in [6, 6.07) is 14.7. The molecule has 0 aliphatic heterocycles. The Kier molecular flexibility index (Phi) is 8.94. The lowest BCUT2D eigenvalue weighted by Gasteiger charge is -2.16. The number of esters is 1. The van der Waals surface area contributed by atoms with Crippen molar-refractivity contribution < 1.29 is 28.6 Å². The smallest absolute Gasteiger partial charge is 0.412 e. The number of carbonyl (C=O) groups is 3. The van der Waals surface area contributed by atoms with Gasteiger partial charge in [0.1, 0.15) is 13.2 Å².